The van der Waals surface area contributed by atoms with E-state index in [4.69, 9.17) is 0 Å². The second-order valence-electron chi connectivity index (χ2n) is 8.77. The van der Waals surface area contributed by atoms with Crippen molar-refractivity contribution in [3.63, 3.8) is 0 Å². The zero-order valence-electron chi connectivity index (χ0n) is 19.7. The first-order valence-electron chi connectivity index (χ1n) is 11.3. The predicted molar refractivity (Wildman–Crippen MR) is 131 cm³/mol. The van der Waals surface area contributed by atoms with E-state index in [1.54, 1.807) is 19.1 Å². The molecule has 0 unspecified atom stereocenters. The molecule has 2 aromatic heterocycles. The lowest BCUT2D eigenvalue weighted by atomic mass is 9.96. The number of halogens is 3. The highest BCUT2D eigenvalue weighted by molar-refractivity contribution is 8.00. The summed E-state index contributed by atoms with van der Waals surface area (Å²) in [5.41, 5.74) is -3.75. The van der Waals surface area contributed by atoms with Gasteiger partial charge in [-0.1, -0.05) is 0 Å². The van der Waals surface area contributed by atoms with Gasteiger partial charge in [0.05, 0.1) is 17.9 Å². The van der Waals surface area contributed by atoms with Crippen molar-refractivity contribution in [3.05, 3.63) is 64.3 Å². The maximum Gasteiger partial charge on any atom is 0.446 e. The molecule has 1 fully saturated rings. The van der Waals surface area contributed by atoms with Gasteiger partial charge in [-0.25, -0.2) is 14.3 Å². The van der Waals surface area contributed by atoms with E-state index in [-0.39, 0.29) is 46.6 Å². The number of aromatic hydroxyl groups is 1. The number of nitrogens with zero attached hydrogens (tertiary/aromatic N) is 4. The number of imidazole rings is 1. The van der Waals surface area contributed by atoms with Crippen LogP contribution < -0.4 is 11.0 Å². The Hall–Kier alpha value is -3.25. The molecule has 1 saturated heterocycles. The lowest BCUT2D eigenvalue weighted by Gasteiger charge is -2.27. The number of amides is 1. The van der Waals surface area contributed by atoms with Crippen molar-refractivity contribution in [2.24, 2.45) is 5.92 Å². The van der Waals surface area contributed by atoms with Crippen LogP contribution in [0.3, 0.4) is 0 Å². The lowest BCUT2D eigenvalue weighted by molar-refractivity contribution is -0.121. The van der Waals surface area contributed by atoms with E-state index in [1.807, 2.05) is 7.05 Å². The van der Waals surface area contributed by atoms with E-state index < -0.39 is 11.2 Å². The van der Waals surface area contributed by atoms with Crippen LogP contribution in [0.4, 0.5) is 19.0 Å². The molecule has 3 aromatic rings. The SMILES string of the molecule is Cc1c(O)n(-c2ccc(SC(F)(F)F)cc2)c(=O)n1Cc1ccnc(NC(=O)C2CCN(C)CC2)c1. The zero-order valence-corrected chi connectivity index (χ0v) is 20.6. The molecule has 12 heteroatoms. The lowest BCUT2D eigenvalue weighted by Crippen LogP contribution is -2.36. The molecule has 36 heavy (non-hydrogen) atoms. The molecule has 8 nitrogen and oxygen atoms in total. The Morgan fingerprint density at radius 2 is 1.86 bits per heavy atom. The van der Waals surface area contributed by atoms with Crippen molar-refractivity contribution in [1.82, 2.24) is 19.0 Å². The molecule has 0 saturated carbocycles. The van der Waals surface area contributed by atoms with Gasteiger partial charge in [0.2, 0.25) is 11.8 Å². The predicted octanol–water partition coefficient (Wildman–Crippen LogP) is 3.99. The Kier molecular flexibility index (Phi) is 7.46. The van der Waals surface area contributed by atoms with Crippen LogP contribution in [-0.4, -0.2) is 55.7 Å². The molecule has 192 valence electrons. The van der Waals surface area contributed by atoms with Crippen LogP contribution in [0.25, 0.3) is 5.69 Å². The van der Waals surface area contributed by atoms with Gasteiger partial charge in [-0.3, -0.25) is 9.36 Å². The number of hydrogen-bond donors (Lipinski definition) is 2. The molecular formula is C24H26F3N5O3S. The Labute approximate surface area is 209 Å². The van der Waals surface area contributed by atoms with E-state index in [0.717, 1.165) is 30.5 Å². The van der Waals surface area contributed by atoms with Crippen LogP contribution in [0.5, 0.6) is 5.88 Å². The van der Waals surface area contributed by atoms with Gasteiger partial charge in [0.1, 0.15) is 5.82 Å². The average molecular weight is 522 g/mol. The van der Waals surface area contributed by atoms with Crippen LogP contribution >= 0.6 is 11.8 Å². The van der Waals surface area contributed by atoms with E-state index in [0.29, 0.717) is 17.1 Å². The number of likely N-dealkylation sites (tertiary alicyclic amines) is 1. The van der Waals surface area contributed by atoms with Crippen LogP contribution in [-0.2, 0) is 11.3 Å². The van der Waals surface area contributed by atoms with Gasteiger partial charge in [-0.05, 0) is 93.6 Å². The van der Waals surface area contributed by atoms with Gasteiger partial charge >= 0.3 is 11.2 Å². The highest BCUT2D eigenvalue weighted by atomic mass is 32.2. The van der Waals surface area contributed by atoms with E-state index in [1.165, 1.54) is 35.0 Å². The van der Waals surface area contributed by atoms with Gasteiger partial charge in [-0.15, -0.1) is 0 Å². The number of carbonyl (C=O) groups is 1. The van der Waals surface area contributed by atoms with Gasteiger partial charge in [0.15, 0.2) is 0 Å². The van der Waals surface area contributed by atoms with Crippen molar-refractivity contribution in [3.8, 4) is 11.6 Å². The van der Waals surface area contributed by atoms with E-state index >= 15 is 0 Å². The molecule has 1 aliphatic heterocycles. The maximum absolute atomic E-state index is 13.1. The molecule has 0 radical (unpaired) electrons. The number of benzene rings is 1. The fourth-order valence-corrected chi connectivity index (χ4v) is 4.72. The number of thioether (sulfide) groups is 1. The minimum atomic E-state index is -4.42. The minimum Gasteiger partial charge on any atom is -0.493 e. The number of piperidine rings is 1. The topological polar surface area (TPSA) is 92.4 Å². The fraction of sp³-hybridized carbons (Fsp3) is 0.375. The summed E-state index contributed by atoms with van der Waals surface area (Å²) in [7, 11) is 2.02. The third kappa shape index (κ3) is 5.93. The Morgan fingerprint density at radius 3 is 2.50 bits per heavy atom. The van der Waals surface area contributed by atoms with E-state index in [2.05, 4.69) is 15.2 Å². The van der Waals surface area contributed by atoms with Crippen molar-refractivity contribution >= 4 is 23.5 Å². The first kappa shape index (κ1) is 25.8. The normalized spacial score (nSPS) is 15.2. The summed E-state index contributed by atoms with van der Waals surface area (Å²) in [6.07, 6.45) is 3.09. The zero-order chi connectivity index (χ0) is 26.0. The second-order valence-corrected chi connectivity index (χ2v) is 9.91. The number of alkyl halides is 3. The van der Waals surface area contributed by atoms with Gasteiger partial charge in [-0.2, -0.15) is 13.2 Å². The number of aromatic nitrogens is 3. The molecule has 1 amide bonds. The Bertz CT molecular complexity index is 1300. The third-order valence-electron chi connectivity index (χ3n) is 6.20. The summed E-state index contributed by atoms with van der Waals surface area (Å²) in [6.45, 7) is 3.40. The number of anilines is 1. The van der Waals surface area contributed by atoms with Gasteiger partial charge in [0.25, 0.3) is 0 Å². The number of hydrogen-bond acceptors (Lipinski definition) is 6. The van der Waals surface area contributed by atoms with Crippen molar-refractivity contribution in [1.29, 1.82) is 0 Å². The molecule has 4 rings (SSSR count). The summed E-state index contributed by atoms with van der Waals surface area (Å²) >= 11 is -0.255. The summed E-state index contributed by atoms with van der Waals surface area (Å²) in [5.74, 6) is -0.0925. The first-order chi connectivity index (χ1) is 17.0. The largest absolute Gasteiger partial charge is 0.493 e. The van der Waals surface area contributed by atoms with Crippen LogP contribution in [0.2, 0.25) is 0 Å². The highest BCUT2D eigenvalue weighted by Gasteiger charge is 2.29. The Balaban J connectivity index is 1.52. The van der Waals surface area contributed by atoms with Crippen molar-refractivity contribution in [2.45, 2.75) is 36.7 Å². The number of carbonyl (C=O) groups excluding carboxylic acids is 1. The summed E-state index contributed by atoms with van der Waals surface area (Å²) in [5, 5.41) is 13.5. The number of pyridine rings is 1. The molecular weight excluding hydrogens is 495 g/mol. The molecule has 0 atom stereocenters. The molecule has 3 heterocycles. The van der Waals surface area contributed by atoms with Crippen LogP contribution in [0, 0.1) is 12.8 Å². The first-order valence-corrected chi connectivity index (χ1v) is 12.1. The monoisotopic (exact) mass is 521 g/mol. The fourth-order valence-electron chi connectivity index (χ4n) is 4.18. The maximum atomic E-state index is 13.1. The third-order valence-corrected chi connectivity index (χ3v) is 6.94. The van der Waals surface area contributed by atoms with Gasteiger partial charge < -0.3 is 15.3 Å². The summed E-state index contributed by atoms with van der Waals surface area (Å²) in [4.78, 5) is 32.1. The smallest absolute Gasteiger partial charge is 0.446 e. The molecule has 2 N–H and O–H groups in total. The average Bonchev–Trinajstić information content (AvgIpc) is 3.02. The van der Waals surface area contributed by atoms with E-state index in [9.17, 15) is 27.9 Å². The standard InChI is InChI=1S/C24H26F3N5O3S/c1-15-22(34)32(18-3-5-19(6-4-18)36-24(25,26)27)23(35)31(15)14-16-7-10-28-20(13-16)29-21(33)17-8-11-30(2)12-9-17/h3-7,10,13,17,34H,8-9,11-12,14H2,1-2H3,(H,28,29,33). The molecule has 1 aromatic carbocycles. The second kappa shape index (κ2) is 10.4. The van der Waals surface area contributed by atoms with Crippen LogP contribution in [0.1, 0.15) is 24.1 Å². The molecule has 0 bridgehead atoms. The minimum absolute atomic E-state index is 0.0263. The highest BCUT2D eigenvalue weighted by Crippen LogP contribution is 2.37. The molecule has 0 aliphatic carbocycles. The van der Waals surface area contributed by atoms with Crippen molar-refractivity contribution in [2.75, 3.05) is 25.5 Å². The molecule has 0 spiro atoms. The molecule has 1 aliphatic rings. The van der Waals surface area contributed by atoms with Crippen LogP contribution in [0.15, 0.2) is 52.3 Å². The summed E-state index contributed by atoms with van der Waals surface area (Å²) in [6, 6.07) is 8.57. The quantitative estimate of drug-likeness (QED) is 0.477. The Morgan fingerprint density at radius 1 is 1.19 bits per heavy atom. The van der Waals surface area contributed by atoms with Crippen molar-refractivity contribution < 1.29 is 23.1 Å². The van der Waals surface area contributed by atoms with Gasteiger partial charge in [0, 0.05) is 17.0 Å². The number of nitrogens with one attached hydrogen (secondary N) is 1. The summed E-state index contributed by atoms with van der Waals surface area (Å²) < 4.78 is 40.2. The number of rotatable bonds is 6.